The Morgan fingerprint density at radius 1 is 0.636 bits per heavy atom. The molecule has 0 aromatic heterocycles. The second-order valence-corrected chi connectivity index (χ2v) is 13.8. The molecule has 1 fully saturated rings. The first-order valence-corrected chi connectivity index (χ1v) is 18.6. The molecule has 4 N–H and O–H groups in total. The van der Waals surface area contributed by atoms with Gasteiger partial charge in [-0.3, -0.25) is 0 Å². The van der Waals surface area contributed by atoms with E-state index in [1.807, 2.05) is 6.92 Å². The van der Waals surface area contributed by atoms with E-state index in [-0.39, 0.29) is 30.4 Å². The Morgan fingerprint density at radius 2 is 1.07 bits per heavy atom. The number of ether oxygens (including phenoxy) is 2. The van der Waals surface area contributed by atoms with E-state index in [1.54, 1.807) is 6.08 Å². The number of aliphatic hydroxyl groups is 4. The molecule has 0 aromatic rings. The number of unbranched alkanes of at least 4 members (excludes halogenated alkanes) is 14. The van der Waals surface area contributed by atoms with Gasteiger partial charge in [0.15, 0.2) is 0 Å². The summed E-state index contributed by atoms with van der Waals surface area (Å²) in [6.45, 7) is 4.07. The molecule has 0 aromatic carbocycles. The highest BCUT2D eigenvalue weighted by atomic mass is 16.5. The fraction of sp³-hybridized carbons (Fsp3) is 0.919. The highest BCUT2D eigenvalue weighted by Crippen LogP contribution is 2.28. The largest absolute Gasteiger partial charge is 0.455 e. The van der Waals surface area contributed by atoms with Gasteiger partial charge in [-0.1, -0.05) is 110 Å². The minimum absolute atomic E-state index is 0.134. The first-order chi connectivity index (χ1) is 21.3. The Morgan fingerprint density at radius 3 is 1.55 bits per heavy atom. The van der Waals surface area contributed by atoms with Crippen LogP contribution in [0.3, 0.4) is 0 Å². The van der Waals surface area contributed by atoms with E-state index < -0.39 is 18.3 Å². The van der Waals surface area contributed by atoms with Crippen molar-refractivity contribution in [3.63, 3.8) is 0 Å². The standard InChI is InChI=1S/C37H68O7/c1-3-4-5-6-7-8-9-10-11-12-13-17-23-33(40)35-25-26-36(44-35)34(41)24-18-15-14-16-20-31(38)21-19-22-32(39)28-30-27-29(2)43-37(30)42/h27,29,31-36,38-41H,3-26,28H2,1-2H3/t29-,31+,32+,33-,34+,35-,36+/m1/s1. The van der Waals surface area contributed by atoms with Gasteiger partial charge in [0, 0.05) is 12.0 Å². The number of esters is 1. The second-order valence-electron chi connectivity index (χ2n) is 13.8. The van der Waals surface area contributed by atoms with Gasteiger partial charge in [-0.05, 0) is 64.4 Å². The summed E-state index contributed by atoms with van der Waals surface area (Å²) in [4.78, 5) is 11.7. The van der Waals surface area contributed by atoms with Gasteiger partial charge < -0.3 is 29.9 Å². The third-order valence-electron chi connectivity index (χ3n) is 9.61. The van der Waals surface area contributed by atoms with Crippen LogP contribution in [0.1, 0.15) is 174 Å². The van der Waals surface area contributed by atoms with Crippen LogP contribution in [0.25, 0.3) is 0 Å². The minimum atomic E-state index is -0.584. The van der Waals surface area contributed by atoms with Gasteiger partial charge in [-0.15, -0.1) is 0 Å². The zero-order chi connectivity index (χ0) is 32.0. The summed E-state index contributed by atoms with van der Waals surface area (Å²) in [7, 11) is 0. The highest BCUT2D eigenvalue weighted by molar-refractivity contribution is 5.90. The van der Waals surface area contributed by atoms with Crippen LogP contribution in [-0.2, 0) is 14.3 Å². The van der Waals surface area contributed by atoms with Crippen LogP contribution < -0.4 is 0 Å². The molecule has 258 valence electrons. The van der Waals surface area contributed by atoms with E-state index in [9.17, 15) is 25.2 Å². The van der Waals surface area contributed by atoms with E-state index >= 15 is 0 Å². The predicted octanol–water partition coefficient (Wildman–Crippen LogP) is 7.84. The zero-order valence-electron chi connectivity index (χ0n) is 28.3. The molecule has 0 radical (unpaired) electrons. The maximum Gasteiger partial charge on any atom is 0.334 e. The van der Waals surface area contributed by atoms with Crippen molar-refractivity contribution in [2.45, 2.75) is 217 Å². The fourth-order valence-corrected chi connectivity index (χ4v) is 6.78. The van der Waals surface area contributed by atoms with Crippen LogP contribution in [0.4, 0.5) is 0 Å². The molecular formula is C37H68O7. The summed E-state index contributed by atoms with van der Waals surface area (Å²) in [6.07, 6.45) is 25.3. The van der Waals surface area contributed by atoms with Gasteiger partial charge >= 0.3 is 5.97 Å². The van der Waals surface area contributed by atoms with Crippen LogP contribution in [0, 0.1) is 0 Å². The minimum Gasteiger partial charge on any atom is -0.455 e. The van der Waals surface area contributed by atoms with Crippen molar-refractivity contribution in [1.82, 2.24) is 0 Å². The maximum atomic E-state index is 11.7. The summed E-state index contributed by atoms with van der Waals surface area (Å²) in [5, 5.41) is 41.8. The van der Waals surface area contributed by atoms with Crippen molar-refractivity contribution in [2.75, 3.05) is 0 Å². The van der Waals surface area contributed by atoms with Gasteiger partial charge in [0.05, 0.1) is 36.6 Å². The monoisotopic (exact) mass is 624 g/mol. The predicted molar refractivity (Wildman–Crippen MR) is 177 cm³/mol. The molecule has 44 heavy (non-hydrogen) atoms. The molecule has 2 aliphatic heterocycles. The van der Waals surface area contributed by atoms with E-state index in [2.05, 4.69) is 6.92 Å². The lowest BCUT2D eigenvalue weighted by Gasteiger charge is -2.22. The van der Waals surface area contributed by atoms with Gasteiger partial charge in [-0.25, -0.2) is 4.79 Å². The van der Waals surface area contributed by atoms with E-state index in [0.29, 0.717) is 24.8 Å². The molecular weight excluding hydrogens is 556 g/mol. The van der Waals surface area contributed by atoms with E-state index in [0.717, 1.165) is 70.6 Å². The molecule has 0 amide bonds. The topological polar surface area (TPSA) is 116 Å². The summed E-state index contributed by atoms with van der Waals surface area (Å²) < 4.78 is 11.1. The Bertz CT molecular complexity index is 756. The molecule has 0 saturated carbocycles. The normalized spacial score (nSPS) is 23.0. The number of aliphatic hydroxyl groups excluding tert-OH is 4. The lowest BCUT2D eigenvalue weighted by molar-refractivity contribution is -0.139. The molecule has 2 aliphatic rings. The van der Waals surface area contributed by atoms with E-state index in [1.165, 1.54) is 70.6 Å². The van der Waals surface area contributed by atoms with Crippen molar-refractivity contribution in [1.29, 1.82) is 0 Å². The average molecular weight is 625 g/mol. The van der Waals surface area contributed by atoms with Crippen molar-refractivity contribution < 1.29 is 34.7 Å². The Hall–Kier alpha value is -0.990. The molecule has 2 rings (SSSR count). The molecule has 7 heteroatoms. The molecule has 0 bridgehead atoms. The van der Waals surface area contributed by atoms with Crippen LogP contribution in [-0.4, -0.2) is 69.1 Å². The summed E-state index contributed by atoms with van der Waals surface area (Å²) in [6, 6.07) is 0. The quantitative estimate of drug-likeness (QED) is 0.0518. The zero-order valence-corrected chi connectivity index (χ0v) is 28.3. The molecule has 0 aliphatic carbocycles. The molecule has 0 spiro atoms. The van der Waals surface area contributed by atoms with Gasteiger partial charge in [0.1, 0.15) is 6.10 Å². The third kappa shape index (κ3) is 17.6. The lowest BCUT2D eigenvalue weighted by Crippen LogP contribution is -2.31. The molecule has 0 unspecified atom stereocenters. The van der Waals surface area contributed by atoms with Crippen LogP contribution >= 0.6 is 0 Å². The van der Waals surface area contributed by atoms with Crippen molar-refractivity contribution in [3.8, 4) is 0 Å². The third-order valence-corrected chi connectivity index (χ3v) is 9.61. The number of cyclic esters (lactones) is 1. The molecule has 7 atom stereocenters. The fourth-order valence-electron chi connectivity index (χ4n) is 6.78. The summed E-state index contributed by atoms with van der Waals surface area (Å²) in [5.41, 5.74) is 0.553. The van der Waals surface area contributed by atoms with Crippen LogP contribution in [0.5, 0.6) is 0 Å². The SMILES string of the molecule is CCCCCCCCCCCCCC[C@@H](O)[C@H]1CC[C@@H]([C@@H](O)CCCCCC[C@H](O)CCC[C@H](O)CC2=C[C@@H](C)OC2=O)O1. The van der Waals surface area contributed by atoms with Crippen LogP contribution in [0.2, 0.25) is 0 Å². The smallest absolute Gasteiger partial charge is 0.334 e. The molecule has 7 nitrogen and oxygen atoms in total. The van der Waals surface area contributed by atoms with Gasteiger partial charge in [-0.2, -0.15) is 0 Å². The van der Waals surface area contributed by atoms with Gasteiger partial charge in [0.25, 0.3) is 0 Å². The van der Waals surface area contributed by atoms with Crippen LogP contribution in [0.15, 0.2) is 11.6 Å². The summed E-state index contributed by atoms with van der Waals surface area (Å²) in [5.74, 6) is -0.330. The number of hydrogen-bond acceptors (Lipinski definition) is 7. The Balaban J connectivity index is 1.39. The van der Waals surface area contributed by atoms with Gasteiger partial charge in [0.2, 0.25) is 0 Å². The number of carbonyl (C=O) groups is 1. The molecule has 2 heterocycles. The number of carbonyl (C=O) groups excluding carboxylic acids is 1. The van der Waals surface area contributed by atoms with Crippen molar-refractivity contribution in [2.24, 2.45) is 0 Å². The Kier molecular flexibility index (Phi) is 21.6. The highest BCUT2D eigenvalue weighted by Gasteiger charge is 2.34. The number of rotatable bonds is 28. The maximum absolute atomic E-state index is 11.7. The second kappa shape index (κ2) is 24.2. The molecule has 1 saturated heterocycles. The first kappa shape index (κ1) is 39.2. The number of hydrogen-bond donors (Lipinski definition) is 4. The van der Waals surface area contributed by atoms with E-state index in [4.69, 9.17) is 9.47 Å². The van der Waals surface area contributed by atoms with Crippen molar-refractivity contribution in [3.05, 3.63) is 11.6 Å². The average Bonchev–Trinajstić information content (AvgIpc) is 3.61. The lowest BCUT2D eigenvalue weighted by atomic mass is 9.99. The van der Waals surface area contributed by atoms with Crippen molar-refractivity contribution >= 4 is 5.97 Å². The Labute approximate surface area is 269 Å². The summed E-state index contributed by atoms with van der Waals surface area (Å²) >= 11 is 0. The first-order valence-electron chi connectivity index (χ1n) is 18.6.